The topological polar surface area (TPSA) is 59.8 Å². The second-order valence-corrected chi connectivity index (χ2v) is 6.08. The maximum atomic E-state index is 12.2. The third kappa shape index (κ3) is 3.78. The zero-order chi connectivity index (χ0) is 16.2. The number of carbonyl (C=O) groups is 2. The van der Waals surface area contributed by atoms with E-state index in [0.717, 1.165) is 16.7 Å². The fraction of sp³-hybridized carbons (Fsp3) is 0.125. The van der Waals surface area contributed by atoms with Gasteiger partial charge in [0.25, 0.3) is 11.1 Å². The van der Waals surface area contributed by atoms with Crippen LogP contribution >= 0.6 is 23.4 Å². The van der Waals surface area contributed by atoms with Gasteiger partial charge in [-0.05, 0) is 48.2 Å². The van der Waals surface area contributed by atoms with E-state index in [1.165, 1.54) is 6.26 Å². The fourth-order valence-electron chi connectivity index (χ4n) is 1.98. The molecule has 0 radical (unpaired) electrons. The van der Waals surface area contributed by atoms with E-state index in [0.29, 0.717) is 21.4 Å². The second-order valence-electron chi connectivity index (χ2n) is 4.65. The van der Waals surface area contributed by atoms with Gasteiger partial charge in [0.2, 0.25) is 0 Å². The minimum Gasteiger partial charge on any atom is -0.492 e. The molecule has 7 heteroatoms. The molecule has 0 bridgehead atoms. The molecule has 1 aliphatic rings. The Bertz CT molecular complexity index is 740. The van der Waals surface area contributed by atoms with Crippen LogP contribution < -0.4 is 4.74 Å². The standard InChI is InChI=1S/C16H12ClNO4S/c17-11-3-5-12(6-4-11)22-9-7-18-15(19)14(23-16(18)20)10-13-2-1-8-21-13/h1-6,8,10H,7,9H2/b14-10-. The largest absolute Gasteiger partial charge is 0.492 e. The van der Waals surface area contributed by atoms with Crippen LogP contribution in [0.1, 0.15) is 5.76 Å². The first-order valence-corrected chi connectivity index (χ1v) is 8.00. The van der Waals surface area contributed by atoms with Crippen molar-refractivity contribution in [2.45, 2.75) is 0 Å². The molecule has 0 spiro atoms. The Morgan fingerprint density at radius 3 is 2.70 bits per heavy atom. The molecule has 2 aromatic rings. The van der Waals surface area contributed by atoms with Gasteiger partial charge >= 0.3 is 0 Å². The number of ether oxygens (including phenoxy) is 1. The molecule has 1 aliphatic heterocycles. The summed E-state index contributed by atoms with van der Waals surface area (Å²) in [5.74, 6) is 0.830. The number of halogens is 1. The lowest BCUT2D eigenvalue weighted by molar-refractivity contribution is -0.123. The summed E-state index contributed by atoms with van der Waals surface area (Å²) in [5.41, 5.74) is 0. The Labute approximate surface area is 141 Å². The molecule has 0 saturated carbocycles. The van der Waals surface area contributed by atoms with Crippen LogP contribution in [-0.2, 0) is 4.79 Å². The summed E-state index contributed by atoms with van der Waals surface area (Å²) in [6.45, 7) is 0.399. The zero-order valence-electron chi connectivity index (χ0n) is 11.9. The number of furan rings is 1. The van der Waals surface area contributed by atoms with E-state index < -0.39 is 0 Å². The molecular formula is C16H12ClNO4S. The highest BCUT2D eigenvalue weighted by Crippen LogP contribution is 2.32. The number of benzene rings is 1. The number of amides is 2. The van der Waals surface area contributed by atoms with E-state index in [4.69, 9.17) is 20.8 Å². The minimum absolute atomic E-state index is 0.183. The van der Waals surface area contributed by atoms with Gasteiger partial charge in [0.05, 0.1) is 17.7 Å². The van der Waals surface area contributed by atoms with E-state index in [1.54, 1.807) is 42.5 Å². The Balaban J connectivity index is 1.59. The Hall–Kier alpha value is -2.18. The van der Waals surface area contributed by atoms with Gasteiger partial charge in [-0.3, -0.25) is 14.5 Å². The van der Waals surface area contributed by atoms with E-state index >= 15 is 0 Å². The number of hydrogen-bond acceptors (Lipinski definition) is 5. The van der Waals surface area contributed by atoms with Crippen molar-refractivity contribution >= 4 is 40.6 Å². The lowest BCUT2D eigenvalue weighted by atomic mass is 10.3. The lowest BCUT2D eigenvalue weighted by Gasteiger charge is -2.13. The number of nitrogens with zero attached hydrogens (tertiary/aromatic N) is 1. The van der Waals surface area contributed by atoms with Gasteiger partial charge in [0.1, 0.15) is 18.1 Å². The predicted octanol–water partition coefficient (Wildman–Crippen LogP) is 4.05. The Morgan fingerprint density at radius 2 is 2.00 bits per heavy atom. The van der Waals surface area contributed by atoms with Crippen molar-refractivity contribution in [3.05, 3.63) is 58.3 Å². The van der Waals surface area contributed by atoms with Gasteiger partial charge in [0.15, 0.2) is 0 Å². The third-order valence-electron chi connectivity index (χ3n) is 3.09. The zero-order valence-corrected chi connectivity index (χ0v) is 13.5. The molecule has 0 unspecified atom stereocenters. The smallest absolute Gasteiger partial charge is 0.293 e. The molecule has 1 aromatic carbocycles. The first-order chi connectivity index (χ1) is 11.1. The van der Waals surface area contributed by atoms with Crippen molar-refractivity contribution in [1.82, 2.24) is 4.90 Å². The van der Waals surface area contributed by atoms with Crippen molar-refractivity contribution in [1.29, 1.82) is 0 Å². The van der Waals surface area contributed by atoms with Crippen molar-refractivity contribution < 1.29 is 18.7 Å². The Morgan fingerprint density at radius 1 is 1.22 bits per heavy atom. The molecule has 0 N–H and O–H groups in total. The predicted molar refractivity (Wildman–Crippen MR) is 88.3 cm³/mol. The van der Waals surface area contributed by atoms with Crippen LogP contribution in [0.5, 0.6) is 5.75 Å². The molecule has 3 rings (SSSR count). The van der Waals surface area contributed by atoms with Crippen molar-refractivity contribution in [2.75, 3.05) is 13.2 Å². The second kappa shape index (κ2) is 6.93. The van der Waals surface area contributed by atoms with Crippen LogP contribution in [0.25, 0.3) is 6.08 Å². The highest BCUT2D eigenvalue weighted by atomic mass is 35.5. The number of rotatable bonds is 5. The van der Waals surface area contributed by atoms with Gasteiger partial charge < -0.3 is 9.15 Å². The van der Waals surface area contributed by atoms with Crippen LogP contribution in [0.4, 0.5) is 4.79 Å². The number of hydrogen-bond donors (Lipinski definition) is 0. The van der Waals surface area contributed by atoms with Gasteiger partial charge in [-0.1, -0.05) is 11.6 Å². The highest BCUT2D eigenvalue weighted by Gasteiger charge is 2.34. The quantitative estimate of drug-likeness (QED) is 0.762. The third-order valence-corrected chi connectivity index (χ3v) is 4.25. The Kier molecular flexibility index (Phi) is 4.73. The number of thioether (sulfide) groups is 1. The van der Waals surface area contributed by atoms with E-state index in [2.05, 4.69) is 0 Å². The van der Waals surface area contributed by atoms with Crippen LogP contribution in [0, 0.1) is 0 Å². The molecule has 2 heterocycles. The molecule has 0 atom stereocenters. The van der Waals surface area contributed by atoms with Gasteiger partial charge in [0, 0.05) is 11.1 Å². The van der Waals surface area contributed by atoms with Gasteiger partial charge in [-0.25, -0.2) is 0 Å². The molecule has 1 aromatic heterocycles. The summed E-state index contributed by atoms with van der Waals surface area (Å²) >= 11 is 6.69. The lowest BCUT2D eigenvalue weighted by Crippen LogP contribution is -2.32. The van der Waals surface area contributed by atoms with Gasteiger partial charge in [-0.15, -0.1) is 0 Å². The molecule has 5 nitrogen and oxygen atoms in total. The summed E-state index contributed by atoms with van der Waals surface area (Å²) in [4.78, 5) is 25.7. The minimum atomic E-state index is -0.337. The molecule has 1 saturated heterocycles. The van der Waals surface area contributed by atoms with E-state index in [9.17, 15) is 9.59 Å². The van der Waals surface area contributed by atoms with Crippen molar-refractivity contribution in [3.63, 3.8) is 0 Å². The molecular weight excluding hydrogens is 338 g/mol. The number of carbonyl (C=O) groups excluding carboxylic acids is 2. The van der Waals surface area contributed by atoms with Gasteiger partial charge in [-0.2, -0.15) is 0 Å². The summed E-state index contributed by atoms with van der Waals surface area (Å²) in [5, 5.41) is 0.305. The average molecular weight is 350 g/mol. The SMILES string of the molecule is O=C1S/C(=C\c2ccco2)C(=O)N1CCOc1ccc(Cl)cc1. The number of imide groups is 1. The highest BCUT2D eigenvalue weighted by molar-refractivity contribution is 8.18. The maximum absolute atomic E-state index is 12.2. The van der Waals surface area contributed by atoms with E-state index in [-0.39, 0.29) is 24.3 Å². The van der Waals surface area contributed by atoms with E-state index in [1.807, 2.05) is 0 Å². The summed E-state index contributed by atoms with van der Waals surface area (Å²) < 4.78 is 10.7. The molecule has 0 aliphatic carbocycles. The molecule has 118 valence electrons. The first kappa shape index (κ1) is 15.7. The normalized spacial score (nSPS) is 16.4. The molecule has 23 heavy (non-hydrogen) atoms. The molecule has 1 fully saturated rings. The summed E-state index contributed by atoms with van der Waals surface area (Å²) in [7, 11) is 0. The van der Waals surface area contributed by atoms with Crippen molar-refractivity contribution in [3.8, 4) is 5.75 Å². The summed E-state index contributed by atoms with van der Waals surface area (Å²) in [6.07, 6.45) is 3.07. The monoisotopic (exact) mass is 349 g/mol. The summed E-state index contributed by atoms with van der Waals surface area (Å²) in [6, 6.07) is 10.3. The van der Waals surface area contributed by atoms with Crippen LogP contribution in [0.15, 0.2) is 52.0 Å². The average Bonchev–Trinajstić information content (AvgIpc) is 3.13. The maximum Gasteiger partial charge on any atom is 0.293 e. The van der Waals surface area contributed by atoms with Crippen molar-refractivity contribution in [2.24, 2.45) is 0 Å². The first-order valence-electron chi connectivity index (χ1n) is 6.81. The fourth-order valence-corrected chi connectivity index (χ4v) is 2.95. The van der Waals surface area contributed by atoms with Crippen LogP contribution in [-0.4, -0.2) is 29.2 Å². The van der Waals surface area contributed by atoms with Crippen LogP contribution in [0.2, 0.25) is 5.02 Å². The van der Waals surface area contributed by atoms with Crippen LogP contribution in [0.3, 0.4) is 0 Å². The molecule has 2 amide bonds.